The van der Waals surface area contributed by atoms with Crippen molar-refractivity contribution in [2.45, 2.75) is 43.8 Å². The van der Waals surface area contributed by atoms with E-state index < -0.39 is 0 Å². The average molecular weight is 355 g/mol. The van der Waals surface area contributed by atoms with Gasteiger partial charge in [-0.25, -0.2) is 0 Å². The van der Waals surface area contributed by atoms with Crippen LogP contribution < -0.4 is 5.32 Å². The van der Waals surface area contributed by atoms with Crippen LogP contribution in [0.15, 0.2) is 28.7 Å². The Balaban J connectivity index is 0.00000156. The van der Waals surface area contributed by atoms with E-state index in [2.05, 4.69) is 5.32 Å². The molecule has 23 heavy (non-hydrogen) atoms. The first-order valence-electron chi connectivity index (χ1n) is 7.82. The molecule has 0 saturated carbocycles. The van der Waals surface area contributed by atoms with E-state index in [0.717, 1.165) is 18.2 Å². The number of piperidine rings is 1. The van der Waals surface area contributed by atoms with Crippen molar-refractivity contribution in [3.05, 3.63) is 35.0 Å². The molecule has 4 rings (SSSR count). The van der Waals surface area contributed by atoms with Gasteiger partial charge in [-0.1, -0.05) is 11.6 Å². The Kier molecular flexibility index (Phi) is 4.59. The number of carbonyl (C=O) groups is 1. The van der Waals surface area contributed by atoms with Gasteiger partial charge in [-0.05, 0) is 49.9 Å². The number of nitrogens with one attached hydrogen (secondary N) is 1. The summed E-state index contributed by atoms with van der Waals surface area (Å²) in [6.45, 7) is 0. The van der Waals surface area contributed by atoms with Crippen LogP contribution in [0, 0.1) is 0 Å². The molecule has 0 spiro atoms. The molecule has 2 saturated heterocycles. The lowest BCUT2D eigenvalue weighted by molar-refractivity contribution is 0.0652. The third-order valence-electron chi connectivity index (χ3n) is 5.01. The predicted octanol–water partition coefficient (Wildman–Crippen LogP) is 3.86. The van der Waals surface area contributed by atoms with Crippen molar-refractivity contribution >= 4 is 40.9 Å². The number of furan rings is 1. The largest absolute Gasteiger partial charge is 0.451 e. The van der Waals surface area contributed by atoms with Crippen molar-refractivity contribution in [1.82, 2.24) is 10.2 Å². The summed E-state index contributed by atoms with van der Waals surface area (Å²) in [6.07, 6.45) is 4.52. The van der Waals surface area contributed by atoms with Gasteiger partial charge in [-0.3, -0.25) is 4.79 Å². The summed E-state index contributed by atoms with van der Waals surface area (Å²) in [4.78, 5) is 14.6. The lowest BCUT2D eigenvalue weighted by Gasteiger charge is -2.35. The van der Waals surface area contributed by atoms with Crippen LogP contribution in [-0.4, -0.2) is 36.0 Å². The van der Waals surface area contributed by atoms with Gasteiger partial charge in [-0.2, -0.15) is 0 Å². The highest BCUT2D eigenvalue weighted by Gasteiger charge is 2.37. The molecule has 1 aromatic heterocycles. The first-order chi connectivity index (χ1) is 10.6. The molecule has 1 amide bonds. The predicted molar refractivity (Wildman–Crippen MR) is 93.5 cm³/mol. The number of carbonyl (C=O) groups excluding carboxylic acids is 1. The molecule has 2 aliphatic heterocycles. The Morgan fingerprint density at radius 3 is 2.65 bits per heavy atom. The summed E-state index contributed by atoms with van der Waals surface area (Å²) in [5, 5.41) is 5.12. The fraction of sp³-hybridized carbons (Fsp3) is 0.471. The van der Waals surface area contributed by atoms with Crippen molar-refractivity contribution in [2.75, 3.05) is 7.05 Å². The standard InChI is InChI=1S/C17H19ClN2O2.ClH/c1-20(14-8-12-3-4-13(9-14)19-12)17(21)16-7-10-6-11(18)2-5-15(10)22-16;/h2,5-7,12-14,19H,3-4,8-9H2,1H3;1H. The molecule has 2 atom stereocenters. The minimum Gasteiger partial charge on any atom is -0.451 e. The zero-order valence-corrected chi connectivity index (χ0v) is 14.5. The molecule has 1 N–H and O–H groups in total. The summed E-state index contributed by atoms with van der Waals surface area (Å²) in [5.74, 6) is 0.351. The van der Waals surface area contributed by atoms with Crippen molar-refractivity contribution in [2.24, 2.45) is 0 Å². The van der Waals surface area contributed by atoms with Gasteiger partial charge in [0, 0.05) is 35.6 Å². The first kappa shape index (κ1) is 16.6. The Labute approximate surface area is 146 Å². The number of amides is 1. The van der Waals surface area contributed by atoms with Gasteiger partial charge in [0.05, 0.1) is 0 Å². The van der Waals surface area contributed by atoms with E-state index in [-0.39, 0.29) is 18.3 Å². The third kappa shape index (κ3) is 3.08. The Bertz CT molecular complexity index is 718. The van der Waals surface area contributed by atoms with E-state index >= 15 is 0 Å². The third-order valence-corrected chi connectivity index (χ3v) is 5.24. The minimum atomic E-state index is -0.0429. The van der Waals surface area contributed by atoms with Gasteiger partial charge >= 0.3 is 0 Å². The molecule has 2 bridgehead atoms. The van der Waals surface area contributed by atoms with Crippen molar-refractivity contribution in [3.8, 4) is 0 Å². The van der Waals surface area contributed by atoms with E-state index in [0.29, 0.717) is 34.5 Å². The normalized spacial score (nSPS) is 26.1. The molecular weight excluding hydrogens is 335 g/mol. The van der Waals surface area contributed by atoms with Crippen molar-refractivity contribution in [1.29, 1.82) is 0 Å². The molecule has 4 nitrogen and oxygen atoms in total. The summed E-state index contributed by atoms with van der Waals surface area (Å²) in [7, 11) is 1.89. The lowest BCUT2D eigenvalue weighted by Crippen LogP contribution is -2.48. The maximum absolute atomic E-state index is 12.7. The van der Waals surface area contributed by atoms with Crippen molar-refractivity contribution < 1.29 is 9.21 Å². The Hall–Kier alpha value is -1.23. The van der Waals surface area contributed by atoms with Gasteiger partial charge in [0.1, 0.15) is 5.58 Å². The average Bonchev–Trinajstić information content (AvgIpc) is 3.08. The van der Waals surface area contributed by atoms with Crippen LogP contribution in [0.2, 0.25) is 5.02 Å². The fourth-order valence-corrected chi connectivity index (χ4v) is 3.98. The molecule has 6 heteroatoms. The second-order valence-electron chi connectivity index (χ2n) is 6.47. The topological polar surface area (TPSA) is 45.5 Å². The molecule has 1 aromatic carbocycles. The van der Waals surface area contributed by atoms with E-state index in [4.69, 9.17) is 16.0 Å². The Morgan fingerprint density at radius 1 is 1.26 bits per heavy atom. The van der Waals surface area contributed by atoms with E-state index in [1.54, 1.807) is 18.2 Å². The van der Waals surface area contributed by atoms with Crippen LogP contribution >= 0.6 is 24.0 Å². The highest BCUT2D eigenvalue weighted by Crippen LogP contribution is 2.30. The highest BCUT2D eigenvalue weighted by molar-refractivity contribution is 6.31. The van der Waals surface area contributed by atoms with Crippen LogP contribution in [-0.2, 0) is 0 Å². The van der Waals surface area contributed by atoms with Crippen molar-refractivity contribution in [3.63, 3.8) is 0 Å². The number of halogens is 2. The molecule has 124 valence electrons. The van der Waals surface area contributed by atoms with Gasteiger partial charge in [0.25, 0.3) is 5.91 Å². The number of rotatable bonds is 2. The summed E-state index contributed by atoms with van der Waals surface area (Å²) < 4.78 is 5.70. The molecule has 2 aliphatic rings. The van der Waals surface area contributed by atoms with Crippen LogP contribution in [0.3, 0.4) is 0 Å². The van der Waals surface area contributed by atoms with E-state index in [9.17, 15) is 4.79 Å². The molecule has 2 aromatic rings. The monoisotopic (exact) mass is 354 g/mol. The second-order valence-corrected chi connectivity index (χ2v) is 6.91. The zero-order valence-electron chi connectivity index (χ0n) is 12.9. The summed E-state index contributed by atoms with van der Waals surface area (Å²) in [5.41, 5.74) is 0.700. The number of hydrogen-bond acceptors (Lipinski definition) is 3. The quantitative estimate of drug-likeness (QED) is 0.890. The van der Waals surface area contributed by atoms with E-state index in [1.165, 1.54) is 12.8 Å². The number of hydrogen-bond donors (Lipinski definition) is 1. The van der Waals surface area contributed by atoms with Gasteiger partial charge in [0.2, 0.25) is 0 Å². The van der Waals surface area contributed by atoms with E-state index in [1.807, 2.05) is 18.0 Å². The number of fused-ring (bicyclic) bond motifs is 3. The second kappa shape index (κ2) is 6.34. The van der Waals surface area contributed by atoms with Crippen LogP contribution in [0.4, 0.5) is 0 Å². The van der Waals surface area contributed by atoms with Gasteiger partial charge in [-0.15, -0.1) is 12.4 Å². The first-order valence-corrected chi connectivity index (χ1v) is 8.20. The maximum Gasteiger partial charge on any atom is 0.289 e. The molecule has 0 aliphatic carbocycles. The lowest BCUT2D eigenvalue weighted by atomic mass is 9.98. The molecule has 2 unspecified atom stereocenters. The summed E-state index contributed by atoms with van der Waals surface area (Å²) in [6, 6.07) is 8.61. The van der Waals surface area contributed by atoms with Crippen LogP contribution in [0.25, 0.3) is 11.0 Å². The molecule has 0 radical (unpaired) electrons. The Morgan fingerprint density at radius 2 is 1.96 bits per heavy atom. The number of nitrogens with zero attached hydrogens (tertiary/aromatic N) is 1. The van der Waals surface area contributed by atoms with Gasteiger partial charge in [0.15, 0.2) is 5.76 Å². The number of benzene rings is 1. The minimum absolute atomic E-state index is 0. The summed E-state index contributed by atoms with van der Waals surface area (Å²) >= 11 is 5.99. The zero-order chi connectivity index (χ0) is 15.3. The maximum atomic E-state index is 12.7. The molecule has 2 fully saturated rings. The molecule has 3 heterocycles. The van der Waals surface area contributed by atoms with Crippen LogP contribution in [0.5, 0.6) is 0 Å². The SMILES string of the molecule is CN(C(=O)c1cc2cc(Cl)ccc2o1)C1CC2CCC(C1)N2.Cl. The highest BCUT2D eigenvalue weighted by atomic mass is 35.5. The van der Waals surface area contributed by atoms with Gasteiger partial charge < -0.3 is 14.6 Å². The van der Waals surface area contributed by atoms with Crippen LogP contribution in [0.1, 0.15) is 36.2 Å². The molecular formula is C17H20Cl2N2O2. The fourth-order valence-electron chi connectivity index (χ4n) is 3.80. The smallest absolute Gasteiger partial charge is 0.289 e.